The minimum Gasteiger partial charge on any atom is -0.348 e. The molecule has 0 radical (unpaired) electrons. The van der Waals surface area contributed by atoms with Crippen molar-refractivity contribution in [1.29, 1.82) is 0 Å². The van der Waals surface area contributed by atoms with E-state index in [1.807, 2.05) is 35.3 Å². The lowest BCUT2D eigenvalue weighted by Crippen LogP contribution is -2.02. The molecule has 21 heavy (non-hydrogen) atoms. The summed E-state index contributed by atoms with van der Waals surface area (Å²) >= 11 is 1.59. The van der Waals surface area contributed by atoms with Crippen molar-refractivity contribution in [3.63, 3.8) is 0 Å². The minimum atomic E-state index is 0.650. The fraction of sp³-hybridized carbons (Fsp3) is 0.231. The Kier molecular flexibility index (Phi) is 2.64. The highest BCUT2D eigenvalue weighted by molar-refractivity contribution is 7.16. The second-order valence-electron chi connectivity index (χ2n) is 4.84. The number of nitrogens with zero attached hydrogens (tertiary/aromatic N) is 6. The van der Waals surface area contributed by atoms with Gasteiger partial charge in [-0.15, -0.1) is 0 Å². The lowest BCUT2D eigenvalue weighted by Gasteiger charge is -2.04. The van der Waals surface area contributed by atoms with Crippen LogP contribution in [0.25, 0.3) is 16.5 Å². The number of fused-ring (bicyclic) bond motifs is 1. The van der Waals surface area contributed by atoms with Gasteiger partial charge in [-0.25, -0.2) is 19.5 Å². The van der Waals surface area contributed by atoms with Crippen molar-refractivity contribution in [2.24, 2.45) is 0 Å². The predicted octanol–water partition coefficient (Wildman–Crippen LogP) is 2.04. The Hall–Kier alpha value is -2.48. The standard InChI is InChI=1S/C13H13N7S/c1-8-11(16-7-15-8)12-14-3-4-19(12)5-10-6-20-13(17-10)21-9(2)18-20/h3-4,6-7H,5H2,1-2H3,(H,15,16). The highest BCUT2D eigenvalue weighted by Crippen LogP contribution is 2.20. The Morgan fingerprint density at radius 1 is 1.29 bits per heavy atom. The minimum absolute atomic E-state index is 0.650. The summed E-state index contributed by atoms with van der Waals surface area (Å²) in [5.41, 5.74) is 2.83. The van der Waals surface area contributed by atoms with Crippen LogP contribution in [0.3, 0.4) is 0 Å². The smallest absolute Gasteiger partial charge is 0.212 e. The molecule has 4 heterocycles. The highest BCUT2D eigenvalue weighted by atomic mass is 32.1. The van der Waals surface area contributed by atoms with Crippen LogP contribution >= 0.6 is 11.3 Å². The van der Waals surface area contributed by atoms with E-state index in [0.717, 1.165) is 32.9 Å². The molecule has 0 saturated heterocycles. The van der Waals surface area contributed by atoms with Gasteiger partial charge in [-0.2, -0.15) is 5.10 Å². The van der Waals surface area contributed by atoms with E-state index >= 15 is 0 Å². The van der Waals surface area contributed by atoms with Gasteiger partial charge in [-0.05, 0) is 13.8 Å². The zero-order chi connectivity index (χ0) is 14.4. The lowest BCUT2D eigenvalue weighted by molar-refractivity contribution is 0.783. The molecule has 0 spiro atoms. The number of imidazole rings is 3. The molecule has 4 aromatic rings. The molecule has 1 N–H and O–H groups in total. The second kappa shape index (κ2) is 4.52. The quantitative estimate of drug-likeness (QED) is 0.628. The van der Waals surface area contributed by atoms with Gasteiger partial charge in [-0.3, -0.25) is 0 Å². The zero-order valence-corrected chi connectivity index (χ0v) is 12.4. The molecule has 7 nitrogen and oxygen atoms in total. The van der Waals surface area contributed by atoms with Crippen LogP contribution in [-0.4, -0.2) is 34.1 Å². The Morgan fingerprint density at radius 3 is 2.95 bits per heavy atom. The van der Waals surface area contributed by atoms with E-state index in [2.05, 4.69) is 25.0 Å². The fourth-order valence-corrected chi connectivity index (χ4v) is 3.08. The number of aromatic nitrogens is 7. The van der Waals surface area contributed by atoms with E-state index in [-0.39, 0.29) is 0 Å². The fourth-order valence-electron chi connectivity index (χ4n) is 2.33. The summed E-state index contributed by atoms with van der Waals surface area (Å²) in [6.45, 7) is 4.62. The largest absolute Gasteiger partial charge is 0.348 e. The molecule has 0 saturated carbocycles. The van der Waals surface area contributed by atoms with Gasteiger partial charge in [0.1, 0.15) is 10.7 Å². The van der Waals surface area contributed by atoms with Crippen molar-refractivity contribution in [2.75, 3.05) is 0 Å². The predicted molar refractivity (Wildman–Crippen MR) is 79.2 cm³/mol. The van der Waals surface area contributed by atoms with Crippen molar-refractivity contribution < 1.29 is 0 Å². The molecule has 0 atom stereocenters. The van der Waals surface area contributed by atoms with E-state index in [1.165, 1.54) is 0 Å². The molecule has 8 heteroatoms. The molecule has 106 valence electrons. The van der Waals surface area contributed by atoms with Gasteiger partial charge in [0.25, 0.3) is 0 Å². The monoisotopic (exact) mass is 299 g/mol. The summed E-state index contributed by atoms with van der Waals surface area (Å²) in [4.78, 5) is 17.3. The Morgan fingerprint density at radius 2 is 2.19 bits per heavy atom. The van der Waals surface area contributed by atoms with E-state index < -0.39 is 0 Å². The summed E-state index contributed by atoms with van der Waals surface area (Å²) in [6.07, 6.45) is 7.36. The maximum Gasteiger partial charge on any atom is 0.212 e. The molecule has 0 aliphatic rings. The molecule has 0 amide bonds. The first-order valence-electron chi connectivity index (χ1n) is 6.54. The first-order valence-corrected chi connectivity index (χ1v) is 7.35. The lowest BCUT2D eigenvalue weighted by atomic mass is 10.3. The van der Waals surface area contributed by atoms with Crippen LogP contribution in [0.2, 0.25) is 0 Å². The number of aryl methyl sites for hydroxylation is 2. The van der Waals surface area contributed by atoms with Crippen LogP contribution in [-0.2, 0) is 6.54 Å². The number of nitrogens with one attached hydrogen (secondary N) is 1. The molecular formula is C13H13N7S. The van der Waals surface area contributed by atoms with Crippen LogP contribution in [0.1, 0.15) is 16.4 Å². The van der Waals surface area contributed by atoms with Gasteiger partial charge in [0.15, 0.2) is 5.82 Å². The molecule has 4 aromatic heterocycles. The summed E-state index contributed by atoms with van der Waals surface area (Å²) < 4.78 is 3.87. The average Bonchev–Trinajstić information content (AvgIpc) is 3.15. The van der Waals surface area contributed by atoms with Gasteiger partial charge in [0, 0.05) is 18.1 Å². The number of aromatic amines is 1. The molecule has 0 bridgehead atoms. The van der Waals surface area contributed by atoms with Gasteiger partial charge in [-0.1, -0.05) is 11.3 Å². The van der Waals surface area contributed by atoms with Crippen LogP contribution in [0.4, 0.5) is 0 Å². The van der Waals surface area contributed by atoms with Crippen LogP contribution in [0.5, 0.6) is 0 Å². The maximum absolute atomic E-state index is 4.60. The van der Waals surface area contributed by atoms with E-state index in [4.69, 9.17) is 0 Å². The van der Waals surface area contributed by atoms with Gasteiger partial charge >= 0.3 is 0 Å². The summed E-state index contributed by atoms with van der Waals surface area (Å²) in [7, 11) is 0. The third kappa shape index (κ3) is 2.04. The molecule has 0 aliphatic heterocycles. The van der Waals surface area contributed by atoms with Crippen molar-refractivity contribution in [3.8, 4) is 11.5 Å². The van der Waals surface area contributed by atoms with Crippen molar-refractivity contribution in [3.05, 3.63) is 41.3 Å². The summed E-state index contributed by atoms with van der Waals surface area (Å²) in [5, 5.41) is 5.39. The van der Waals surface area contributed by atoms with Crippen LogP contribution in [0, 0.1) is 13.8 Å². The third-order valence-electron chi connectivity index (χ3n) is 3.28. The van der Waals surface area contributed by atoms with Crippen molar-refractivity contribution in [2.45, 2.75) is 20.4 Å². The van der Waals surface area contributed by atoms with E-state index in [0.29, 0.717) is 6.54 Å². The zero-order valence-electron chi connectivity index (χ0n) is 11.6. The first-order chi connectivity index (χ1) is 10.2. The molecular weight excluding hydrogens is 286 g/mol. The van der Waals surface area contributed by atoms with Gasteiger partial charge in [0.05, 0.1) is 24.8 Å². The Labute approximate surface area is 124 Å². The van der Waals surface area contributed by atoms with E-state index in [9.17, 15) is 0 Å². The first kappa shape index (κ1) is 12.3. The SMILES string of the molecule is Cc1nn2cc(Cn3ccnc3-c3nc[nH]c3C)nc2s1. The van der Waals surface area contributed by atoms with Crippen molar-refractivity contribution >= 4 is 16.3 Å². The highest BCUT2D eigenvalue weighted by Gasteiger charge is 2.13. The third-order valence-corrected chi connectivity index (χ3v) is 4.12. The molecule has 0 aromatic carbocycles. The Bertz CT molecular complexity index is 879. The molecule has 0 aliphatic carbocycles. The average molecular weight is 299 g/mol. The van der Waals surface area contributed by atoms with Gasteiger partial charge in [0.2, 0.25) is 4.96 Å². The van der Waals surface area contributed by atoms with Crippen LogP contribution < -0.4 is 0 Å². The van der Waals surface area contributed by atoms with Gasteiger partial charge < -0.3 is 9.55 Å². The Balaban J connectivity index is 1.70. The molecule has 4 rings (SSSR count). The number of hydrogen-bond acceptors (Lipinski definition) is 5. The normalized spacial score (nSPS) is 11.5. The topological polar surface area (TPSA) is 76.7 Å². The van der Waals surface area contributed by atoms with Crippen molar-refractivity contribution in [1.82, 2.24) is 34.1 Å². The molecule has 0 fully saturated rings. The number of rotatable bonds is 3. The maximum atomic E-state index is 4.60. The van der Waals surface area contributed by atoms with E-state index in [1.54, 1.807) is 23.9 Å². The number of hydrogen-bond donors (Lipinski definition) is 1. The summed E-state index contributed by atoms with van der Waals surface area (Å²) in [6, 6.07) is 0. The second-order valence-corrected chi connectivity index (χ2v) is 6.00. The number of H-pyrrole nitrogens is 1. The summed E-state index contributed by atoms with van der Waals surface area (Å²) in [5.74, 6) is 0.842. The van der Waals surface area contributed by atoms with Crippen LogP contribution in [0.15, 0.2) is 24.9 Å². The molecule has 0 unspecified atom stereocenters.